The van der Waals surface area contributed by atoms with Crippen molar-refractivity contribution in [3.63, 3.8) is 0 Å². The van der Waals surface area contributed by atoms with Crippen LogP contribution in [0.5, 0.6) is 5.75 Å². The molecule has 0 saturated carbocycles. The summed E-state index contributed by atoms with van der Waals surface area (Å²) in [7, 11) is 1.96. The Morgan fingerprint density at radius 3 is 2.70 bits per heavy atom. The molecular formula is C17H28N2O. The normalized spacial score (nSPS) is 18.9. The standard InChI is InChI=1S/C17H28N2O/c1-17(2)7-9-19(10-8-17)11-12-20-16-6-4-5-15(13-16)14-18-3/h4-6,13,18H,7-12,14H2,1-3H3. The molecule has 0 bridgehead atoms. The number of likely N-dealkylation sites (tertiary alicyclic amines) is 1. The number of benzene rings is 1. The van der Waals surface area contributed by atoms with Crippen LogP contribution < -0.4 is 10.1 Å². The second-order valence-electron chi connectivity index (χ2n) is 6.53. The summed E-state index contributed by atoms with van der Waals surface area (Å²) in [5.41, 5.74) is 1.79. The summed E-state index contributed by atoms with van der Waals surface area (Å²) < 4.78 is 5.88. The fraction of sp³-hybridized carbons (Fsp3) is 0.647. The molecule has 3 nitrogen and oxygen atoms in total. The summed E-state index contributed by atoms with van der Waals surface area (Å²) in [6.07, 6.45) is 2.59. The monoisotopic (exact) mass is 276 g/mol. The first-order valence-corrected chi connectivity index (χ1v) is 7.68. The zero-order valence-electron chi connectivity index (χ0n) is 13.1. The number of ether oxygens (including phenoxy) is 1. The van der Waals surface area contributed by atoms with Crippen LogP contribution in [0, 0.1) is 5.41 Å². The molecule has 112 valence electrons. The van der Waals surface area contributed by atoms with Gasteiger partial charge in [-0.3, -0.25) is 4.90 Å². The maximum atomic E-state index is 5.88. The number of rotatable bonds is 6. The largest absolute Gasteiger partial charge is 0.492 e. The summed E-state index contributed by atoms with van der Waals surface area (Å²) in [6.45, 7) is 9.85. The van der Waals surface area contributed by atoms with Gasteiger partial charge in [0, 0.05) is 13.1 Å². The Bertz CT molecular complexity index is 407. The van der Waals surface area contributed by atoms with E-state index in [2.05, 4.69) is 42.3 Å². The predicted molar refractivity (Wildman–Crippen MR) is 84.2 cm³/mol. The average Bonchev–Trinajstić information content (AvgIpc) is 2.42. The van der Waals surface area contributed by atoms with E-state index in [4.69, 9.17) is 4.74 Å². The lowest BCUT2D eigenvalue weighted by Gasteiger charge is -2.36. The van der Waals surface area contributed by atoms with Crippen LogP contribution in [0.4, 0.5) is 0 Å². The second-order valence-corrected chi connectivity index (χ2v) is 6.53. The first-order chi connectivity index (χ1) is 9.59. The summed E-state index contributed by atoms with van der Waals surface area (Å²) in [5, 5.41) is 3.16. The average molecular weight is 276 g/mol. The SMILES string of the molecule is CNCc1cccc(OCCN2CCC(C)(C)CC2)c1. The van der Waals surface area contributed by atoms with Crippen molar-refractivity contribution in [1.29, 1.82) is 0 Å². The van der Waals surface area contributed by atoms with Gasteiger partial charge < -0.3 is 10.1 Å². The highest BCUT2D eigenvalue weighted by molar-refractivity contribution is 5.28. The molecule has 0 unspecified atom stereocenters. The topological polar surface area (TPSA) is 24.5 Å². The van der Waals surface area contributed by atoms with Crippen LogP contribution in [0.3, 0.4) is 0 Å². The lowest BCUT2D eigenvalue weighted by Crippen LogP contribution is -2.39. The third-order valence-electron chi connectivity index (χ3n) is 4.17. The molecule has 0 aromatic heterocycles. The van der Waals surface area contributed by atoms with E-state index in [0.29, 0.717) is 5.41 Å². The lowest BCUT2D eigenvalue weighted by atomic mass is 9.83. The zero-order valence-corrected chi connectivity index (χ0v) is 13.1. The van der Waals surface area contributed by atoms with Gasteiger partial charge in [-0.05, 0) is 56.1 Å². The Hall–Kier alpha value is -1.06. The molecule has 0 aliphatic carbocycles. The van der Waals surface area contributed by atoms with Gasteiger partial charge in [0.1, 0.15) is 12.4 Å². The van der Waals surface area contributed by atoms with Crippen molar-refractivity contribution in [3.05, 3.63) is 29.8 Å². The first-order valence-electron chi connectivity index (χ1n) is 7.68. The second kappa shape index (κ2) is 7.09. The van der Waals surface area contributed by atoms with Crippen molar-refractivity contribution in [2.45, 2.75) is 33.2 Å². The minimum atomic E-state index is 0.527. The maximum absolute atomic E-state index is 5.88. The molecule has 0 amide bonds. The zero-order chi connectivity index (χ0) is 14.4. The van der Waals surface area contributed by atoms with E-state index in [0.717, 1.165) is 25.4 Å². The van der Waals surface area contributed by atoms with E-state index in [9.17, 15) is 0 Å². The molecule has 1 aliphatic heterocycles. The van der Waals surface area contributed by atoms with Gasteiger partial charge in [-0.2, -0.15) is 0 Å². The summed E-state index contributed by atoms with van der Waals surface area (Å²) in [5.74, 6) is 0.982. The Morgan fingerprint density at radius 2 is 2.00 bits per heavy atom. The predicted octanol–water partition coefficient (Wildman–Crippen LogP) is 2.91. The van der Waals surface area contributed by atoms with Crippen LogP contribution in [0.2, 0.25) is 0 Å². The minimum Gasteiger partial charge on any atom is -0.492 e. The molecule has 1 aromatic carbocycles. The molecule has 0 radical (unpaired) electrons. The van der Waals surface area contributed by atoms with Crippen molar-refractivity contribution in [3.8, 4) is 5.75 Å². The van der Waals surface area contributed by atoms with Crippen molar-refractivity contribution in [1.82, 2.24) is 10.2 Å². The van der Waals surface area contributed by atoms with E-state index in [1.54, 1.807) is 0 Å². The summed E-state index contributed by atoms with van der Waals surface area (Å²) in [4.78, 5) is 2.52. The molecule has 1 fully saturated rings. The van der Waals surface area contributed by atoms with Gasteiger partial charge in [0.15, 0.2) is 0 Å². The third kappa shape index (κ3) is 4.80. The summed E-state index contributed by atoms with van der Waals surface area (Å²) >= 11 is 0. The highest BCUT2D eigenvalue weighted by Gasteiger charge is 2.24. The molecule has 1 saturated heterocycles. The van der Waals surface area contributed by atoms with Crippen LogP contribution in [0.1, 0.15) is 32.3 Å². The molecule has 0 spiro atoms. The number of nitrogens with zero attached hydrogens (tertiary/aromatic N) is 1. The molecular weight excluding hydrogens is 248 g/mol. The Morgan fingerprint density at radius 1 is 1.25 bits per heavy atom. The summed E-state index contributed by atoms with van der Waals surface area (Å²) in [6, 6.07) is 8.34. The number of nitrogens with one attached hydrogen (secondary N) is 1. The Kier molecular flexibility index (Phi) is 5.44. The van der Waals surface area contributed by atoms with Crippen LogP contribution >= 0.6 is 0 Å². The van der Waals surface area contributed by atoms with Crippen molar-refractivity contribution < 1.29 is 4.74 Å². The van der Waals surface area contributed by atoms with Gasteiger partial charge in [0.05, 0.1) is 0 Å². The first kappa shape index (κ1) is 15.3. The minimum absolute atomic E-state index is 0.527. The quantitative estimate of drug-likeness (QED) is 0.864. The molecule has 1 aliphatic rings. The van der Waals surface area contributed by atoms with E-state index < -0.39 is 0 Å². The Balaban J connectivity index is 1.72. The van der Waals surface area contributed by atoms with Crippen molar-refractivity contribution in [2.24, 2.45) is 5.41 Å². The van der Waals surface area contributed by atoms with E-state index in [-0.39, 0.29) is 0 Å². The highest BCUT2D eigenvalue weighted by Crippen LogP contribution is 2.29. The smallest absolute Gasteiger partial charge is 0.119 e. The van der Waals surface area contributed by atoms with Gasteiger partial charge in [-0.15, -0.1) is 0 Å². The molecule has 3 heteroatoms. The van der Waals surface area contributed by atoms with Crippen LogP contribution in [0.15, 0.2) is 24.3 Å². The number of hydrogen-bond acceptors (Lipinski definition) is 3. The Labute approximate surface area is 123 Å². The van der Waals surface area contributed by atoms with E-state index in [1.165, 1.54) is 31.5 Å². The van der Waals surface area contributed by atoms with Crippen LogP contribution in [-0.2, 0) is 6.54 Å². The molecule has 0 atom stereocenters. The van der Waals surface area contributed by atoms with Crippen LogP contribution in [-0.4, -0.2) is 38.2 Å². The molecule has 1 N–H and O–H groups in total. The molecule has 2 rings (SSSR count). The van der Waals surface area contributed by atoms with E-state index >= 15 is 0 Å². The van der Waals surface area contributed by atoms with Gasteiger partial charge in [0.2, 0.25) is 0 Å². The molecule has 20 heavy (non-hydrogen) atoms. The van der Waals surface area contributed by atoms with Crippen molar-refractivity contribution >= 4 is 0 Å². The third-order valence-corrected chi connectivity index (χ3v) is 4.17. The van der Waals surface area contributed by atoms with Crippen molar-refractivity contribution in [2.75, 3.05) is 33.3 Å². The van der Waals surface area contributed by atoms with E-state index in [1.807, 2.05) is 13.1 Å². The fourth-order valence-electron chi connectivity index (χ4n) is 2.62. The molecule has 1 heterocycles. The van der Waals surface area contributed by atoms with Gasteiger partial charge in [-0.25, -0.2) is 0 Å². The lowest BCUT2D eigenvalue weighted by molar-refractivity contribution is 0.116. The fourth-order valence-corrected chi connectivity index (χ4v) is 2.62. The van der Waals surface area contributed by atoms with Gasteiger partial charge in [0.25, 0.3) is 0 Å². The van der Waals surface area contributed by atoms with Gasteiger partial charge >= 0.3 is 0 Å². The number of piperidine rings is 1. The highest BCUT2D eigenvalue weighted by atomic mass is 16.5. The maximum Gasteiger partial charge on any atom is 0.119 e. The number of hydrogen-bond donors (Lipinski definition) is 1. The molecule has 1 aromatic rings. The van der Waals surface area contributed by atoms with Crippen LogP contribution in [0.25, 0.3) is 0 Å². The van der Waals surface area contributed by atoms with Gasteiger partial charge in [-0.1, -0.05) is 26.0 Å².